The lowest BCUT2D eigenvalue weighted by molar-refractivity contribution is -0.161. The van der Waals surface area contributed by atoms with Gasteiger partial charge in [-0.15, -0.1) is 0 Å². The van der Waals surface area contributed by atoms with Gasteiger partial charge >= 0.3 is 5.97 Å². The van der Waals surface area contributed by atoms with Crippen LogP contribution in [-0.4, -0.2) is 21.8 Å². The zero-order valence-electron chi connectivity index (χ0n) is 14.3. The summed E-state index contributed by atoms with van der Waals surface area (Å²) in [5.74, 6) is -0.425. The van der Waals surface area contributed by atoms with Crippen molar-refractivity contribution in [2.24, 2.45) is 22.2 Å². The Hall–Kier alpha value is -1.09. The SMILES string of the molecule is C=C1C[C@@]23CC[C@@H]4[C@](C)(C(=O)O)CCC[C@@]4(C)C2=CC[C@]1(O)C3. The minimum absolute atomic E-state index is 0.0322. The summed E-state index contributed by atoms with van der Waals surface area (Å²) >= 11 is 0. The van der Waals surface area contributed by atoms with E-state index in [9.17, 15) is 15.0 Å². The fourth-order valence-corrected chi connectivity index (χ4v) is 6.88. The van der Waals surface area contributed by atoms with E-state index in [0.717, 1.165) is 50.5 Å². The van der Waals surface area contributed by atoms with Gasteiger partial charge in [0.1, 0.15) is 0 Å². The highest BCUT2D eigenvalue weighted by Crippen LogP contribution is 2.71. The molecule has 0 radical (unpaired) electrons. The van der Waals surface area contributed by atoms with Gasteiger partial charge in [0.25, 0.3) is 0 Å². The lowest BCUT2D eigenvalue weighted by Crippen LogP contribution is -2.55. The predicted octanol–water partition coefficient (Wildman–Crippen LogP) is 4.08. The van der Waals surface area contributed by atoms with Gasteiger partial charge in [-0.3, -0.25) is 4.79 Å². The van der Waals surface area contributed by atoms with E-state index >= 15 is 0 Å². The first kappa shape index (κ1) is 15.4. The molecule has 2 bridgehead atoms. The van der Waals surface area contributed by atoms with Gasteiger partial charge in [-0.05, 0) is 74.2 Å². The maximum Gasteiger partial charge on any atom is 0.309 e. The second kappa shape index (κ2) is 4.30. The van der Waals surface area contributed by atoms with Gasteiger partial charge in [0.2, 0.25) is 0 Å². The van der Waals surface area contributed by atoms with Gasteiger partial charge in [-0.25, -0.2) is 0 Å². The molecule has 3 fully saturated rings. The smallest absolute Gasteiger partial charge is 0.309 e. The summed E-state index contributed by atoms with van der Waals surface area (Å²) in [7, 11) is 0. The quantitative estimate of drug-likeness (QED) is 0.717. The van der Waals surface area contributed by atoms with E-state index in [4.69, 9.17) is 0 Å². The number of aliphatic carboxylic acids is 1. The number of carboxylic acid groups (broad SMARTS) is 1. The largest absolute Gasteiger partial charge is 0.481 e. The Morgan fingerprint density at radius 3 is 2.74 bits per heavy atom. The summed E-state index contributed by atoms with van der Waals surface area (Å²) in [5.41, 5.74) is 1.14. The van der Waals surface area contributed by atoms with Gasteiger partial charge < -0.3 is 10.2 Å². The summed E-state index contributed by atoms with van der Waals surface area (Å²) in [5, 5.41) is 20.7. The van der Waals surface area contributed by atoms with E-state index in [1.54, 1.807) is 0 Å². The third-order valence-electron chi connectivity index (χ3n) is 8.00. The molecule has 0 aliphatic heterocycles. The van der Waals surface area contributed by atoms with Crippen LogP contribution in [0.2, 0.25) is 0 Å². The standard InChI is InChI=1S/C20H28O3/c1-13-11-19-9-5-14-17(2,7-4-8-18(14,3)16(21)22)15(19)6-10-20(13,23)12-19/h6,14,23H,1,4-5,7-12H2,2-3H3,(H,21,22)/t14-,17+,18+,19+,20-/m0/s1. The minimum atomic E-state index is -0.711. The molecular weight excluding hydrogens is 288 g/mol. The molecule has 0 aromatic carbocycles. The van der Waals surface area contributed by atoms with Crippen molar-refractivity contribution >= 4 is 5.97 Å². The van der Waals surface area contributed by atoms with Crippen molar-refractivity contribution in [2.75, 3.05) is 0 Å². The van der Waals surface area contributed by atoms with Crippen molar-refractivity contribution in [1.82, 2.24) is 0 Å². The highest BCUT2D eigenvalue weighted by molar-refractivity contribution is 5.75. The van der Waals surface area contributed by atoms with E-state index < -0.39 is 17.0 Å². The molecular formula is C20H28O3. The molecule has 0 unspecified atom stereocenters. The molecule has 5 atom stereocenters. The summed E-state index contributed by atoms with van der Waals surface area (Å²) in [6.45, 7) is 8.42. The molecule has 4 aliphatic rings. The Kier molecular flexibility index (Phi) is 2.89. The third-order valence-corrected chi connectivity index (χ3v) is 8.00. The Balaban J connectivity index is 1.81. The van der Waals surface area contributed by atoms with Crippen molar-refractivity contribution in [3.63, 3.8) is 0 Å². The molecule has 0 amide bonds. The number of allylic oxidation sites excluding steroid dienone is 1. The van der Waals surface area contributed by atoms with Crippen LogP contribution in [0.25, 0.3) is 0 Å². The second-order valence-corrected chi connectivity index (χ2v) is 9.18. The highest BCUT2D eigenvalue weighted by Gasteiger charge is 2.64. The van der Waals surface area contributed by atoms with Crippen LogP contribution in [0.3, 0.4) is 0 Å². The van der Waals surface area contributed by atoms with E-state index in [1.807, 2.05) is 6.92 Å². The Morgan fingerprint density at radius 2 is 2.04 bits per heavy atom. The summed E-state index contributed by atoms with van der Waals surface area (Å²) in [4.78, 5) is 12.0. The molecule has 1 spiro atoms. The lowest BCUT2D eigenvalue weighted by atomic mass is 9.44. The molecule has 4 aliphatic carbocycles. The second-order valence-electron chi connectivity index (χ2n) is 9.18. The van der Waals surface area contributed by atoms with Gasteiger partial charge in [0, 0.05) is 0 Å². The van der Waals surface area contributed by atoms with Crippen LogP contribution in [0.5, 0.6) is 0 Å². The van der Waals surface area contributed by atoms with Crippen LogP contribution in [0.1, 0.15) is 65.2 Å². The number of fused-ring (bicyclic) bond motifs is 3. The fourth-order valence-electron chi connectivity index (χ4n) is 6.88. The first-order chi connectivity index (χ1) is 10.7. The molecule has 3 saturated carbocycles. The van der Waals surface area contributed by atoms with E-state index in [2.05, 4.69) is 19.6 Å². The van der Waals surface area contributed by atoms with Crippen LogP contribution in [0.15, 0.2) is 23.8 Å². The number of hydrogen-bond donors (Lipinski definition) is 2. The molecule has 4 rings (SSSR count). The zero-order valence-corrected chi connectivity index (χ0v) is 14.3. The number of carboxylic acids is 1. The normalized spacial score (nSPS) is 51.7. The maximum atomic E-state index is 12.0. The summed E-state index contributed by atoms with van der Waals surface area (Å²) < 4.78 is 0. The first-order valence-corrected chi connectivity index (χ1v) is 9.02. The van der Waals surface area contributed by atoms with Crippen LogP contribution in [0, 0.1) is 22.2 Å². The molecule has 126 valence electrons. The average Bonchev–Trinajstić information content (AvgIpc) is 2.63. The number of hydrogen-bond acceptors (Lipinski definition) is 2. The zero-order chi connectivity index (χ0) is 16.7. The van der Waals surface area contributed by atoms with Crippen LogP contribution in [0.4, 0.5) is 0 Å². The summed E-state index contributed by atoms with van der Waals surface area (Å²) in [6.07, 6.45) is 9.44. The van der Waals surface area contributed by atoms with E-state index in [0.29, 0.717) is 6.42 Å². The minimum Gasteiger partial charge on any atom is -0.481 e. The van der Waals surface area contributed by atoms with Crippen molar-refractivity contribution in [3.05, 3.63) is 23.8 Å². The Bertz CT molecular complexity index is 635. The fraction of sp³-hybridized carbons (Fsp3) is 0.750. The molecule has 3 nitrogen and oxygen atoms in total. The lowest BCUT2D eigenvalue weighted by Gasteiger charge is -2.60. The van der Waals surface area contributed by atoms with Crippen molar-refractivity contribution < 1.29 is 15.0 Å². The Morgan fingerprint density at radius 1 is 1.30 bits per heavy atom. The third kappa shape index (κ3) is 1.72. The van der Waals surface area contributed by atoms with Crippen LogP contribution in [-0.2, 0) is 4.79 Å². The molecule has 0 aromatic heterocycles. The Labute approximate surface area is 138 Å². The van der Waals surface area contributed by atoms with Crippen molar-refractivity contribution in [3.8, 4) is 0 Å². The molecule has 0 saturated heterocycles. The number of carbonyl (C=O) groups is 1. The highest BCUT2D eigenvalue weighted by atomic mass is 16.4. The molecule has 0 heterocycles. The maximum absolute atomic E-state index is 12.0. The molecule has 3 heteroatoms. The van der Waals surface area contributed by atoms with Crippen molar-refractivity contribution in [2.45, 2.75) is 70.8 Å². The average molecular weight is 316 g/mol. The van der Waals surface area contributed by atoms with Crippen LogP contribution >= 0.6 is 0 Å². The van der Waals surface area contributed by atoms with Gasteiger partial charge in [0.15, 0.2) is 0 Å². The molecule has 23 heavy (non-hydrogen) atoms. The van der Waals surface area contributed by atoms with Crippen molar-refractivity contribution in [1.29, 1.82) is 0 Å². The summed E-state index contributed by atoms with van der Waals surface area (Å²) in [6, 6.07) is 0. The van der Waals surface area contributed by atoms with Crippen LogP contribution < -0.4 is 0 Å². The van der Waals surface area contributed by atoms with E-state index in [-0.39, 0.29) is 16.7 Å². The van der Waals surface area contributed by atoms with Gasteiger partial charge in [-0.2, -0.15) is 0 Å². The predicted molar refractivity (Wildman–Crippen MR) is 88.9 cm³/mol. The van der Waals surface area contributed by atoms with E-state index in [1.165, 1.54) is 5.57 Å². The molecule has 0 aromatic rings. The first-order valence-electron chi connectivity index (χ1n) is 9.02. The molecule has 2 N–H and O–H groups in total. The topological polar surface area (TPSA) is 57.5 Å². The van der Waals surface area contributed by atoms with Gasteiger partial charge in [-0.1, -0.05) is 31.6 Å². The number of rotatable bonds is 1. The number of aliphatic hydroxyl groups is 1. The monoisotopic (exact) mass is 316 g/mol. The van der Waals surface area contributed by atoms with Gasteiger partial charge in [0.05, 0.1) is 11.0 Å².